The highest BCUT2D eigenvalue weighted by molar-refractivity contribution is 5.76. The van der Waals surface area contributed by atoms with Crippen LogP contribution in [0.25, 0.3) is 0 Å². The van der Waals surface area contributed by atoms with E-state index in [1.54, 1.807) is 0 Å². The highest BCUT2D eigenvalue weighted by atomic mass is 16.5. The van der Waals surface area contributed by atoms with E-state index >= 15 is 0 Å². The predicted octanol–water partition coefficient (Wildman–Crippen LogP) is 24.5. The summed E-state index contributed by atoms with van der Waals surface area (Å²) in [5.41, 5.74) is 0. The Morgan fingerprint density at radius 1 is 0.296 bits per heavy atom. The maximum absolute atomic E-state index is 12.5. The van der Waals surface area contributed by atoms with Gasteiger partial charge in [-0.3, -0.25) is 9.59 Å². The number of rotatable bonds is 72. The van der Waals surface area contributed by atoms with Gasteiger partial charge in [0.25, 0.3) is 0 Å². The molecule has 2 atom stereocenters. The third-order valence-electron chi connectivity index (χ3n) is 18.2. The maximum Gasteiger partial charge on any atom is 0.305 e. The Bertz CT molecular complexity index is 1180. The van der Waals surface area contributed by atoms with Crippen LogP contribution in [0.2, 0.25) is 0 Å². The zero-order valence-corrected chi connectivity index (χ0v) is 55.6. The highest BCUT2D eigenvalue weighted by Gasteiger charge is 2.20. The van der Waals surface area contributed by atoms with Crippen molar-refractivity contribution in [1.29, 1.82) is 0 Å². The molecule has 0 fully saturated rings. The van der Waals surface area contributed by atoms with Gasteiger partial charge in [-0.1, -0.05) is 406 Å². The SMILES string of the molecule is CCCCCCCCCCCCCCCCCC(=O)OCCCCCCCCCCCCCCCCCCCCCCCCCCCCCCCCCCCCCCCC(=O)NC(CO)C(O)CCCCCCCCCCCCCC. The standard InChI is InChI=1S/C75H149NO5/c1-3-5-7-9-11-13-15-17-41-45-49-53-57-61-65-69-75(80)81-70-66-62-58-54-50-46-43-40-38-36-34-32-30-28-26-24-22-20-18-19-21-23-25-27-29-31-33-35-37-39-42-44-48-52-56-60-64-68-74(79)76-72(71-77)73(78)67-63-59-55-51-47-16-14-12-10-8-6-4-2/h72-73,77-78H,3-71H2,1-2H3,(H,76,79). The van der Waals surface area contributed by atoms with Gasteiger partial charge in [-0.15, -0.1) is 0 Å². The number of hydrogen-bond donors (Lipinski definition) is 3. The van der Waals surface area contributed by atoms with Crippen molar-refractivity contribution in [2.75, 3.05) is 13.2 Å². The third-order valence-corrected chi connectivity index (χ3v) is 18.2. The summed E-state index contributed by atoms with van der Waals surface area (Å²) in [4.78, 5) is 24.6. The number of amides is 1. The smallest absolute Gasteiger partial charge is 0.305 e. The fourth-order valence-corrected chi connectivity index (χ4v) is 12.4. The zero-order chi connectivity index (χ0) is 58.5. The molecule has 0 rings (SSSR count). The lowest BCUT2D eigenvalue weighted by atomic mass is 10.0. The van der Waals surface area contributed by atoms with Gasteiger partial charge in [0.15, 0.2) is 0 Å². The number of hydrogen-bond acceptors (Lipinski definition) is 5. The second-order valence-corrected chi connectivity index (χ2v) is 26.4. The number of carbonyl (C=O) groups excluding carboxylic acids is 2. The summed E-state index contributed by atoms with van der Waals surface area (Å²) >= 11 is 0. The average molecular weight is 1150 g/mol. The first-order chi connectivity index (χ1) is 40.0. The Hall–Kier alpha value is -1.14. The van der Waals surface area contributed by atoms with E-state index in [0.29, 0.717) is 25.9 Å². The quantitative estimate of drug-likeness (QED) is 0.0417. The van der Waals surface area contributed by atoms with Crippen molar-refractivity contribution in [2.45, 2.75) is 456 Å². The molecule has 0 saturated carbocycles. The van der Waals surface area contributed by atoms with Gasteiger partial charge in [-0.2, -0.15) is 0 Å². The van der Waals surface area contributed by atoms with Crippen LogP contribution in [-0.2, 0) is 14.3 Å². The van der Waals surface area contributed by atoms with Gasteiger partial charge in [0.1, 0.15) is 0 Å². The van der Waals surface area contributed by atoms with Crippen LogP contribution < -0.4 is 5.32 Å². The first-order valence-electron chi connectivity index (χ1n) is 37.8. The molecular weight excluding hydrogens is 995 g/mol. The molecule has 0 bridgehead atoms. The number of aliphatic hydroxyl groups is 2. The van der Waals surface area contributed by atoms with Gasteiger partial charge < -0.3 is 20.3 Å². The Morgan fingerprint density at radius 3 is 0.753 bits per heavy atom. The Kier molecular flexibility index (Phi) is 70.3. The van der Waals surface area contributed by atoms with Gasteiger partial charge in [0, 0.05) is 12.8 Å². The van der Waals surface area contributed by atoms with Crippen LogP contribution in [0.1, 0.15) is 444 Å². The lowest BCUT2D eigenvalue weighted by Crippen LogP contribution is -2.45. The van der Waals surface area contributed by atoms with E-state index in [4.69, 9.17) is 4.74 Å². The van der Waals surface area contributed by atoms with Gasteiger partial charge in [0.2, 0.25) is 5.91 Å². The average Bonchev–Trinajstić information content (AvgIpc) is 3.47. The van der Waals surface area contributed by atoms with Crippen molar-refractivity contribution < 1.29 is 24.5 Å². The van der Waals surface area contributed by atoms with Crippen molar-refractivity contribution in [2.24, 2.45) is 0 Å². The van der Waals surface area contributed by atoms with E-state index in [-0.39, 0.29) is 18.5 Å². The summed E-state index contributed by atoms with van der Waals surface area (Å²) < 4.78 is 5.51. The van der Waals surface area contributed by atoms with E-state index in [0.717, 1.165) is 38.5 Å². The van der Waals surface area contributed by atoms with E-state index in [2.05, 4.69) is 19.2 Å². The molecule has 81 heavy (non-hydrogen) atoms. The molecule has 0 heterocycles. The second kappa shape index (κ2) is 71.3. The Labute approximate surface area is 508 Å². The minimum atomic E-state index is -0.658. The summed E-state index contributed by atoms with van der Waals surface area (Å²) in [5, 5.41) is 23.3. The molecule has 2 unspecified atom stereocenters. The molecule has 0 radical (unpaired) electrons. The van der Waals surface area contributed by atoms with Crippen LogP contribution >= 0.6 is 0 Å². The van der Waals surface area contributed by atoms with Crippen molar-refractivity contribution in [3.63, 3.8) is 0 Å². The van der Waals surface area contributed by atoms with Crippen LogP contribution in [0.15, 0.2) is 0 Å². The lowest BCUT2D eigenvalue weighted by Gasteiger charge is -2.22. The van der Waals surface area contributed by atoms with Crippen molar-refractivity contribution in [3.05, 3.63) is 0 Å². The first-order valence-corrected chi connectivity index (χ1v) is 37.8. The molecule has 0 aromatic carbocycles. The van der Waals surface area contributed by atoms with Crippen LogP contribution in [0, 0.1) is 0 Å². The van der Waals surface area contributed by atoms with Crippen molar-refractivity contribution in [3.8, 4) is 0 Å². The molecule has 1 amide bonds. The van der Waals surface area contributed by atoms with Crippen molar-refractivity contribution >= 4 is 11.9 Å². The lowest BCUT2D eigenvalue weighted by molar-refractivity contribution is -0.143. The van der Waals surface area contributed by atoms with E-state index < -0.39 is 12.1 Å². The summed E-state index contributed by atoms with van der Waals surface area (Å²) in [5.74, 6) is 0.000785. The summed E-state index contributed by atoms with van der Waals surface area (Å²) in [7, 11) is 0. The Balaban J connectivity index is 3.26. The molecule has 6 nitrogen and oxygen atoms in total. The molecule has 0 saturated heterocycles. The Morgan fingerprint density at radius 2 is 0.506 bits per heavy atom. The number of nitrogens with one attached hydrogen (secondary N) is 1. The fraction of sp³-hybridized carbons (Fsp3) is 0.973. The van der Waals surface area contributed by atoms with E-state index in [1.165, 1.54) is 372 Å². The minimum Gasteiger partial charge on any atom is -0.466 e. The van der Waals surface area contributed by atoms with E-state index in [1.807, 2.05) is 0 Å². The van der Waals surface area contributed by atoms with Crippen molar-refractivity contribution in [1.82, 2.24) is 5.32 Å². The molecule has 0 aliphatic rings. The van der Waals surface area contributed by atoms with Crippen LogP contribution in [-0.4, -0.2) is 47.4 Å². The summed E-state index contributed by atoms with van der Waals surface area (Å²) in [6.45, 7) is 5.00. The fourth-order valence-electron chi connectivity index (χ4n) is 12.4. The normalized spacial score (nSPS) is 12.4. The number of esters is 1. The largest absolute Gasteiger partial charge is 0.466 e. The van der Waals surface area contributed by atoms with Gasteiger partial charge >= 0.3 is 5.97 Å². The molecule has 6 heteroatoms. The molecule has 3 N–H and O–H groups in total. The highest BCUT2D eigenvalue weighted by Crippen LogP contribution is 2.20. The van der Waals surface area contributed by atoms with Gasteiger partial charge in [-0.25, -0.2) is 0 Å². The van der Waals surface area contributed by atoms with Gasteiger partial charge in [-0.05, 0) is 25.7 Å². The molecule has 0 aliphatic carbocycles. The monoisotopic (exact) mass is 1140 g/mol. The van der Waals surface area contributed by atoms with E-state index in [9.17, 15) is 19.8 Å². The summed E-state index contributed by atoms with van der Waals surface area (Å²) in [6, 6.07) is -0.535. The zero-order valence-electron chi connectivity index (χ0n) is 55.6. The number of aliphatic hydroxyl groups excluding tert-OH is 2. The number of carbonyl (C=O) groups is 2. The molecular formula is C75H149NO5. The van der Waals surface area contributed by atoms with Crippen LogP contribution in [0.5, 0.6) is 0 Å². The number of unbranched alkanes of at least 4 members (excludes halogenated alkanes) is 61. The molecule has 0 aliphatic heterocycles. The van der Waals surface area contributed by atoms with Crippen LogP contribution in [0.4, 0.5) is 0 Å². The topological polar surface area (TPSA) is 95.9 Å². The molecule has 0 aromatic rings. The maximum atomic E-state index is 12.5. The van der Waals surface area contributed by atoms with Crippen LogP contribution in [0.3, 0.4) is 0 Å². The molecule has 0 aromatic heterocycles. The number of ether oxygens (including phenoxy) is 1. The molecule has 0 spiro atoms. The predicted molar refractivity (Wildman–Crippen MR) is 357 cm³/mol. The first kappa shape index (κ1) is 79.9. The molecule has 484 valence electrons. The van der Waals surface area contributed by atoms with Gasteiger partial charge in [0.05, 0.1) is 25.4 Å². The summed E-state index contributed by atoms with van der Waals surface area (Å²) in [6.07, 6.45) is 87.7. The minimum absolute atomic E-state index is 0.0267. The third kappa shape index (κ3) is 67.9. The second-order valence-electron chi connectivity index (χ2n) is 26.4.